The molecule has 2 rings (SSSR count). The molecule has 2 N–H and O–H groups in total. The Bertz CT molecular complexity index is 601. The van der Waals surface area contributed by atoms with Gasteiger partial charge in [-0.25, -0.2) is 0 Å². The van der Waals surface area contributed by atoms with Crippen molar-refractivity contribution in [1.29, 1.82) is 0 Å². The Morgan fingerprint density at radius 3 is 2.67 bits per heavy atom. The Morgan fingerprint density at radius 2 is 2.00 bits per heavy atom. The van der Waals surface area contributed by atoms with Crippen LogP contribution in [0.1, 0.15) is 22.8 Å². The van der Waals surface area contributed by atoms with Crippen LogP contribution in [0.4, 0.5) is 0 Å². The molecule has 5 nitrogen and oxygen atoms in total. The molecule has 0 bridgehead atoms. The number of nitrogens with one attached hydrogen (secondary N) is 1. The lowest BCUT2D eigenvalue weighted by Gasteiger charge is -2.20. The quantitative estimate of drug-likeness (QED) is 0.637. The van der Waals surface area contributed by atoms with Crippen molar-refractivity contribution in [2.45, 2.75) is 25.5 Å². The van der Waals surface area contributed by atoms with Gasteiger partial charge in [-0.1, -0.05) is 30.3 Å². The van der Waals surface area contributed by atoms with Crippen LogP contribution < -0.4 is 10.0 Å². The largest absolute Gasteiger partial charge is 0.619 e. The van der Waals surface area contributed by atoms with Crippen LogP contribution in [0.3, 0.4) is 0 Å². The third-order valence-electron chi connectivity index (χ3n) is 3.26. The molecule has 0 aliphatic heterocycles. The molecule has 0 radical (unpaired) electrons. The SMILES string of the molecule is CC(NC(=O)c1ccc[n+]([O-])c1)C(O)Cc1ccccc1. The molecule has 1 aromatic carbocycles. The lowest BCUT2D eigenvalue weighted by atomic mass is 10.0. The minimum atomic E-state index is -0.695. The fourth-order valence-corrected chi connectivity index (χ4v) is 2.01. The monoisotopic (exact) mass is 286 g/mol. The van der Waals surface area contributed by atoms with Crippen molar-refractivity contribution in [2.24, 2.45) is 0 Å². The van der Waals surface area contributed by atoms with Crippen LogP contribution in [0.25, 0.3) is 0 Å². The molecular formula is C16H18N2O3. The van der Waals surface area contributed by atoms with Crippen LogP contribution in [-0.2, 0) is 6.42 Å². The molecule has 2 aromatic rings. The maximum atomic E-state index is 12.0. The number of pyridine rings is 1. The van der Waals surface area contributed by atoms with Gasteiger partial charge in [0, 0.05) is 12.5 Å². The Hall–Kier alpha value is -2.40. The van der Waals surface area contributed by atoms with Crippen molar-refractivity contribution in [3.8, 4) is 0 Å². The van der Waals surface area contributed by atoms with Crippen molar-refractivity contribution < 1.29 is 14.6 Å². The molecule has 1 heterocycles. The first-order chi connectivity index (χ1) is 10.1. The van der Waals surface area contributed by atoms with Crippen LogP contribution in [0, 0.1) is 5.21 Å². The van der Waals surface area contributed by atoms with Crippen molar-refractivity contribution in [1.82, 2.24) is 5.32 Å². The molecule has 1 aromatic heterocycles. The Kier molecular flexibility index (Phi) is 4.90. The van der Waals surface area contributed by atoms with Gasteiger partial charge >= 0.3 is 0 Å². The number of aliphatic hydroxyl groups excluding tert-OH is 1. The highest BCUT2D eigenvalue weighted by atomic mass is 16.5. The van der Waals surface area contributed by atoms with Gasteiger partial charge in [0.15, 0.2) is 12.4 Å². The maximum Gasteiger partial charge on any atom is 0.257 e. The fraction of sp³-hybridized carbons (Fsp3) is 0.250. The standard InChI is InChI=1S/C16H18N2O3/c1-12(15(19)10-13-6-3-2-4-7-13)17-16(20)14-8-5-9-18(21)11-14/h2-9,11-12,15,19H,10H2,1H3,(H,17,20). The summed E-state index contributed by atoms with van der Waals surface area (Å²) < 4.78 is 0.569. The third kappa shape index (κ3) is 4.29. The van der Waals surface area contributed by atoms with Gasteiger partial charge in [-0.15, -0.1) is 0 Å². The van der Waals surface area contributed by atoms with Crippen LogP contribution in [0.5, 0.6) is 0 Å². The van der Waals surface area contributed by atoms with Crippen LogP contribution in [-0.4, -0.2) is 23.2 Å². The highest BCUT2D eigenvalue weighted by molar-refractivity contribution is 5.93. The second-order valence-electron chi connectivity index (χ2n) is 4.97. The lowest BCUT2D eigenvalue weighted by molar-refractivity contribution is -0.605. The summed E-state index contributed by atoms with van der Waals surface area (Å²) in [6.45, 7) is 1.74. The summed E-state index contributed by atoms with van der Waals surface area (Å²) in [5.41, 5.74) is 1.27. The average molecular weight is 286 g/mol. The van der Waals surface area contributed by atoms with Gasteiger partial charge < -0.3 is 15.6 Å². The molecule has 1 amide bonds. The van der Waals surface area contributed by atoms with Gasteiger partial charge in [-0.05, 0) is 18.6 Å². The number of hydrogen-bond acceptors (Lipinski definition) is 3. The summed E-state index contributed by atoms with van der Waals surface area (Å²) in [4.78, 5) is 12.0. The van der Waals surface area contributed by atoms with Gasteiger partial charge in [0.05, 0.1) is 12.1 Å². The van der Waals surface area contributed by atoms with Crippen LogP contribution in [0.2, 0.25) is 0 Å². The number of carbonyl (C=O) groups is 1. The molecule has 0 aliphatic carbocycles. The Morgan fingerprint density at radius 1 is 1.29 bits per heavy atom. The molecule has 0 fully saturated rings. The first-order valence-electron chi connectivity index (χ1n) is 6.78. The molecule has 2 atom stereocenters. The second kappa shape index (κ2) is 6.85. The minimum Gasteiger partial charge on any atom is -0.619 e. The van der Waals surface area contributed by atoms with Gasteiger partial charge in [0.2, 0.25) is 0 Å². The number of amides is 1. The van der Waals surface area contributed by atoms with Crippen molar-refractivity contribution in [2.75, 3.05) is 0 Å². The summed E-state index contributed by atoms with van der Waals surface area (Å²) in [5.74, 6) is -0.375. The predicted molar refractivity (Wildman–Crippen MR) is 78.5 cm³/mol. The minimum absolute atomic E-state index is 0.270. The zero-order valence-electron chi connectivity index (χ0n) is 11.8. The number of aromatic nitrogens is 1. The summed E-state index contributed by atoms with van der Waals surface area (Å²) in [7, 11) is 0. The fourth-order valence-electron chi connectivity index (χ4n) is 2.01. The van der Waals surface area contributed by atoms with Gasteiger partial charge in [0.1, 0.15) is 5.56 Å². The molecular weight excluding hydrogens is 268 g/mol. The topological polar surface area (TPSA) is 76.3 Å². The van der Waals surface area contributed by atoms with E-state index in [1.807, 2.05) is 30.3 Å². The number of nitrogens with zero attached hydrogens (tertiary/aromatic N) is 1. The van der Waals surface area contributed by atoms with E-state index < -0.39 is 12.1 Å². The van der Waals surface area contributed by atoms with Gasteiger partial charge in [0.25, 0.3) is 5.91 Å². The van der Waals surface area contributed by atoms with Crippen molar-refractivity contribution >= 4 is 5.91 Å². The van der Waals surface area contributed by atoms with Crippen molar-refractivity contribution in [3.63, 3.8) is 0 Å². The first kappa shape index (κ1) is 15.0. The van der Waals surface area contributed by atoms with Crippen molar-refractivity contribution in [3.05, 3.63) is 71.2 Å². The van der Waals surface area contributed by atoms with E-state index in [9.17, 15) is 15.1 Å². The Balaban J connectivity index is 1.94. The first-order valence-corrected chi connectivity index (χ1v) is 6.78. The highest BCUT2D eigenvalue weighted by Gasteiger charge is 2.18. The number of carbonyl (C=O) groups excluding carboxylic acids is 1. The second-order valence-corrected chi connectivity index (χ2v) is 4.97. The zero-order valence-corrected chi connectivity index (χ0v) is 11.8. The normalized spacial score (nSPS) is 13.4. The van der Waals surface area contributed by atoms with Gasteiger partial charge in [-0.3, -0.25) is 4.79 Å². The molecule has 2 unspecified atom stereocenters. The van der Waals surface area contributed by atoms with E-state index in [0.29, 0.717) is 11.2 Å². The molecule has 0 saturated carbocycles. The average Bonchev–Trinajstić information content (AvgIpc) is 2.48. The van der Waals surface area contributed by atoms with E-state index >= 15 is 0 Å². The maximum absolute atomic E-state index is 12.0. The predicted octanol–water partition coefficient (Wildman–Crippen LogP) is 1.04. The van der Waals surface area contributed by atoms with Crippen LogP contribution in [0.15, 0.2) is 54.9 Å². The van der Waals surface area contributed by atoms with Gasteiger partial charge in [-0.2, -0.15) is 4.73 Å². The van der Waals surface area contributed by atoms with E-state index in [1.54, 1.807) is 13.0 Å². The molecule has 21 heavy (non-hydrogen) atoms. The van der Waals surface area contributed by atoms with E-state index in [-0.39, 0.29) is 11.5 Å². The number of rotatable bonds is 5. The van der Waals surface area contributed by atoms with E-state index in [4.69, 9.17) is 0 Å². The zero-order chi connectivity index (χ0) is 15.2. The van der Waals surface area contributed by atoms with E-state index in [2.05, 4.69) is 5.32 Å². The molecule has 0 aliphatic rings. The summed E-state index contributed by atoms with van der Waals surface area (Å²) >= 11 is 0. The number of benzene rings is 1. The molecule has 0 spiro atoms. The molecule has 110 valence electrons. The Labute approximate surface area is 123 Å². The highest BCUT2D eigenvalue weighted by Crippen LogP contribution is 2.06. The summed E-state index contributed by atoms with van der Waals surface area (Å²) in [5, 5.41) is 24.0. The third-order valence-corrected chi connectivity index (χ3v) is 3.26. The van der Waals surface area contributed by atoms with Crippen LogP contribution >= 0.6 is 0 Å². The summed E-state index contributed by atoms with van der Waals surface area (Å²) in [6, 6.07) is 12.2. The molecule has 5 heteroatoms. The lowest BCUT2D eigenvalue weighted by Crippen LogP contribution is -2.42. The smallest absolute Gasteiger partial charge is 0.257 e. The number of aliphatic hydroxyl groups is 1. The summed E-state index contributed by atoms with van der Waals surface area (Å²) in [6.07, 6.45) is 2.27. The molecule has 0 saturated heterocycles. The van der Waals surface area contributed by atoms with E-state index in [1.165, 1.54) is 18.5 Å². The number of hydrogen-bond donors (Lipinski definition) is 2. The van der Waals surface area contributed by atoms with E-state index in [0.717, 1.165) is 5.56 Å².